The summed E-state index contributed by atoms with van der Waals surface area (Å²) in [6.45, 7) is 1.84. The second-order valence-electron chi connectivity index (χ2n) is 4.28. The zero-order chi connectivity index (χ0) is 13.1. The highest BCUT2D eigenvalue weighted by Gasteiger charge is 2.21. The normalized spacial score (nSPS) is 17.2. The molecule has 1 N–H and O–H groups in total. The van der Waals surface area contributed by atoms with Gasteiger partial charge in [-0.25, -0.2) is 0 Å². The first-order chi connectivity index (χ1) is 8.58. The Kier molecular flexibility index (Phi) is 4.47. The molecule has 1 heterocycles. The zero-order valence-corrected chi connectivity index (χ0v) is 12.0. The fourth-order valence-electron chi connectivity index (χ4n) is 1.78. The second-order valence-corrected chi connectivity index (χ2v) is 6.58. The van der Waals surface area contributed by atoms with Crippen LogP contribution in [0.4, 0.5) is 5.69 Å². The zero-order valence-electron chi connectivity index (χ0n) is 9.60. The lowest BCUT2D eigenvalue weighted by Gasteiger charge is -2.26. The van der Waals surface area contributed by atoms with Crippen molar-refractivity contribution in [2.75, 3.05) is 18.8 Å². The van der Waals surface area contributed by atoms with E-state index in [4.69, 9.17) is 0 Å². The molecular weight excluding hydrogens is 320 g/mol. The van der Waals surface area contributed by atoms with Crippen LogP contribution in [-0.4, -0.2) is 28.0 Å². The molecule has 0 radical (unpaired) electrons. The predicted octanol–water partition coefficient (Wildman–Crippen LogP) is 1.83. The standard InChI is InChI=1S/C11H13BrN2O3S/c12-11-9(2-1-3-10(11)14(15)16)7-18(17)6-8-4-13-5-8/h1-3,8,13H,4-7H2. The van der Waals surface area contributed by atoms with E-state index >= 15 is 0 Å². The molecule has 1 aliphatic heterocycles. The molecule has 0 saturated carbocycles. The molecule has 7 heteroatoms. The summed E-state index contributed by atoms with van der Waals surface area (Å²) in [6.07, 6.45) is 0. The van der Waals surface area contributed by atoms with Gasteiger partial charge in [-0.3, -0.25) is 14.3 Å². The summed E-state index contributed by atoms with van der Waals surface area (Å²) in [4.78, 5) is 10.3. The SMILES string of the molecule is O=[N+]([O-])c1cccc(CS(=O)CC2CNC2)c1Br. The lowest BCUT2D eigenvalue weighted by atomic mass is 10.1. The topological polar surface area (TPSA) is 72.2 Å². The molecule has 1 fully saturated rings. The fourth-order valence-corrected chi connectivity index (χ4v) is 3.98. The number of nitro groups is 1. The van der Waals surface area contributed by atoms with Gasteiger partial charge in [-0.2, -0.15) is 0 Å². The smallest absolute Gasteiger partial charge is 0.283 e. The Labute approximate surface area is 116 Å². The highest BCUT2D eigenvalue weighted by molar-refractivity contribution is 9.10. The minimum absolute atomic E-state index is 0.0230. The van der Waals surface area contributed by atoms with Crippen molar-refractivity contribution in [3.63, 3.8) is 0 Å². The van der Waals surface area contributed by atoms with Gasteiger partial charge >= 0.3 is 0 Å². The van der Waals surface area contributed by atoms with Crippen molar-refractivity contribution < 1.29 is 9.13 Å². The number of nitro benzene ring substituents is 1. The molecule has 0 aliphatic carbocycles. The van der Waals surface area contributed by atoms with Crippen molar-refractivity contribution in [2.24, 2.45) is 5.92 Å². The van der Waals surface area contributed by atoms with Crippen molar-refractivity contribution in [3.05, 3.63) is 38.3 Å². The molecule has 0 spiro atoms. The van der Waals surface area contributed by atoms with Gasteiger partial charge in [0, 0.05) is 41.5 Å². The van der Waals surface area contributed by atoms with E-state index in [1.807, 2.05) is 0 Å². The average molecular weight is 333 g/mol. The molecule has 1 atom stereocenters. The maximum Gasteiger partial charge on any atom is 0.283 e. The number of hydrogen-bond acceptors (Lipinski definition) is 4. The Hall–Kier alpha value is -0.790. The molecule has 1 unspecified atom stereocenters. The van der Waals surface area contributed by atoms with Crippen molar-refractivity contribution in [3.8, 4) is 0 Å². The molecule has 98 valence electrons. The number of nitrogens with one attached hydrogen (secondary N) is 1. The molecule has 1 aromatic rings. The van der Waals surface area contributed by atoms with Crippen molar-refractivity contribution in [1.82, 2.24) is 5.32 Å². The van der Waals surface area contributed by atoms with Gasteiger partial charge in [0.2, 0.25) is 0 Å². The Morgan fingerprint density at radius 2 is 2.22 bits per heavy atom. The van der Waals surface area contributed by atoms with Crippen LogP contribution in [0.1, 0.15) is 5.56 Å². The van der Waals surface area contributed by atoms with Gasteiger partial charge in [0.15, 0.2) is 0 Å². The summed E-state index contributed by atoms with van der Waals surface area (Å²) >= 11 is 3.22. The highest BCUT2D eigenvalue weighted by Crippen LogP contribution is 2.29. The molecule has 0 amide bonds. The molecule has 5 nitrogen and oxygen atoms in total. The molecule has 1 aromatic carbocycles. The Bertz CT molecular complexity index is 491. The maximum atomic E-state index is 11.9. The predicted molar refractivity (Wildman–Crippen MR) is 73.9 cm³/mol. The van der Waals surface area contributed by atoms with Gasteiger partial charge in [0.05, 0.1) is 9.40 Å². The summed E-state index contributed by atoms with van der Waals surface area (Å²) in [5.41, 5.74) is 0.754. The van der Waals surface area contributed by atoms with Crippen LogP contribution in [0, 0.1) is 16.0 Å². The molecule has 0 bridgehead atoms. The van der Waals surface area contributed by atoms with E-state index in [0.29, 0.717) is 21.9 Å². The van der Waals surface area contributed by atoms with E-state index in [-0.39, 0.29) is 5.69 Å². The van der Waals surface area contributed by atoms with Gasteiger partial charge in [-0.1, -0.05) is 12.1 Å². The maximum absolute atomic E-state index is 11.9. The monoisotopic (exact) mass is 332 g/mol. The van der Waals surface area contributed by atoms with Gasteiger partial charge < -0.3 is 5.32 Å². The average Bonchev–Trinajstić information content (AvgIpc) is 2.26. The lowest BCUT2D eigenvalue weighted by Crippen LogP contribution is -2.44. The molecular formula is C11H13BrN2O3S. The van der Waals surface area contributed by atoms with Gasteiger partial charge in [-0.15, -0.1) is 0 Å². The first-order valence-corrected chi connectivity index (χ1v) is 7.83. The molecule has 1 aliphatic rings. The highest BCUT2D eigenvalue weighted by atomic mass is 79.9. The number of nitrogens with zero attached hydrogens (tertiary/aromatic N) is 1. The molecule has 1 saturated heterocycles. The third-order valence-electron chi connectivity index (χ3n) is 2.86. The van der Waals surface area contributed by atoms with Crippen LogP contribution in [0.15, 0.2) is 22.7 Å². The summed E-state index contributed by atoms with van der Waals surface area (Å²) in [7, 11) is -0.974. The minimum Gasteiger partial charge on any atom is -0.316 e. The van der Waals surface area contributed by atoms with E-state index in [0.717, 1.165) is 18.7 Å². The number of benzene rings is 1. The number of halogens is 1. The number of hydrogen-bond donors (Lipinski definition) is 1. The third-order valence-corrected chi connectivity index (χ3v) is 5.25. The number of rotatable bonds is 5. The lowest BCUT2D eigenvalue weighted by molar-refractivity contribution is -0.385. The van der Waals surface area contributed by atoms with Crippen LogP contribution < -0.4 is 5.32 Å². The van der Waals surface area contributed by atoms with Gasteiger partial charge in [0.25, 0.3) is 5.69 Å². The van der Waals surface area contributed by atoms with Crippen molar-refractivity contribution >= 4 is 32.4 Å². The van der Waals surface area contributed by atoms with Gasteiger partial charge in [0.1, 0.15) is 0 Å². The van der Waals surface area contributed by atoms with E-state index in [2.05, 4.69) is 21.2 Å². The Morgan fingerprint density at radius 1 is 1.50 bits per heavy atom. The van der Waals surface area contributed by atoms with Crippen LogP contribution in [0.25, 0.3) is 0 Å². The van der Waals surface area contributed by atoms with Crippen molar-refractivity contribution in [1.29, 1.82) is 0 Å². The van der Waals surface area contributed by atoms with Crippen LogP contribution >= 0.6 is 15.9 Å². The molecule has 0 aromatic heterocycles. The van der Waals surface area contributed by atoms with Crippen LogP contribution in [0.5, 0.6) is 0 Å². The molecule has 18 heavy (non-hydrogen) atoms. The Morgan fingerprint density at radius 3 is 2.78 bits per heavy atom. The van der Waals surface area contributed by atoms with Crippen LogP contribution in [0.3, 0.4) is 0 Å². The van der Waals surface area contributed by atoms with Crippen molar-refractivity contribution in [2.45, 2.75) is 5.75 Å². The van der Waals surface area contributed by atoms with Gasteiger partial charge in [-0.05, 0) is 27.4 Å². The molecule has 2 rings (SSSR count). The summed E-state index contributed by atoms with van der Waals surface area (Å²) in [5, 5.41) is 13.9. The quantitative estimate of drug-likeness (QED) is 0.659. The summed E-state index contributed by atoms with van der Waals surface area (Å²) < 4.78 is 12.4. The van der Waals surface area contributed by atoms with Crippen LogP contribution in [-0.2, 0) is 16.6 Å². The van der Waals surface area contributed by atoms with E-state index in [1.54, 1.807) is 12.1 Å². The summed E-state index contributed by atoms with van der Waals surface area (Å²) in [6, 6.07) is 4.83. The third kappa shape index (κ3) is 3.15. The van der Waals surface area contributed by atoms with Crippen LogP contribution in [0.2, 0.25) is 0 Å². The first kappa shape index (κ1) is 13.6. The fraction of sp³-hybridized carbons (Fsp3) is 0.455. The largest absolute Gasteiger partial charge is 0.316 e. The van der Waals surface area contributed by atoms with E-state index in [1.165, 1.54) is 6.07 Å². The second kappa shape index (κ2) is 5.90. The van der Waals surface area contributed by atoms with E-state index < -0.39 is 15.7 Å². The first-order valence-electron chi connectivity index (χ1n) is 5.55. The Balaban J connectivity index is 2.06. The van der Waals surface area contributed by atoms with E-state index in [9.17, 15) is 14.3 Å². The minimum atomic E-state index is -0.974. The summed E-state index contributed by atoms with van der Waals surface area (Å²) in [5.74, 6) is 1.49.